The molecule has 1 unspecified atom stereocenters. The second kappa shape index (κ2) is 7.15. The summed E-state index contributed by atoms with van der Waals surface area (Å²) in [5, 5.41) is 12.7. The standard InChI is InChI=1S/C15H19N3O4/c1-10(21-3)14-16-13(22-17-14)9-18(2)8-11-4-6-12(7-5-11)15(19)20/h4-7,10H,8-9H2,1-3H3,(H,19,20). The van der Waals surface area contributed by atoms with Crippen LogP contribution in [0, 0.1) is 0 Å². The maximum atomic E-state index is 10.8. The maximum absolute atomic E-state index is 10.8. The van der Waals surface area contributed by atoms with Crippen LogP contribution in [0.5, 0.6) is 0 Å². The summed E-state index contributed by atoms with van der Waals surface area (Å²) in [4.78, 5) is 17.1. The van der Waals surface area contributed by atoms with Gasteiger partial charge in [-0.2, -0.15) is 4.98 Å². The molecule has 0 amide bonds. The minimum Gasteiger partial charge on any atom is -0.478 e. The van der Waals surface area contributed by atoms with E-state index in [9.17, 15) is 4.79 Å². The summed E-state index contributed by atoms with van der Waals surface area (Å²) in [5.74, 6) is 0.117. The predicted octanol–water partition coefficient (Wildman–Crippen LogP) is 2.11. The Morgan fingerprint density at radius 2 is 2.05 bits per heavy atom. The highest BCUT2D eigenvalue weighted by Gasteiger charge is 2.14. The van der Waals surface area contributed by atoms with Crippen molar-refractivity contribution in [3.63, 3.8) is 0 Å². The minimum absolute atomic E-state index is 0.202. The number of carboxylic acids is 1. The number of methoxy groups -OCH3 is 1. The normalized spacial score (nSPS) is 12.5. The number of hydrogen-bond donors (Lipinski definition) is 1. The van der Waals surface area contributed by atoms with E-state index >= 15 is 0 Å². The number of benzene rings is 1. The molecule has 7 nitrogen and oxygen atoms in total. The smallest absolute Gasteiger partial charge is 0.335 e. The van der Waals surface area contributed by atoms with Gasteiger partial charge in [0.1, 0.15) is 6.10 Å². The Bertz CT molecular complexity index is 624. The van der Waals surface area contributed by atoms with Gasteiger partial charge >= 0.3 is 5.97 Å². The van der Waals surface area contributed by atoms with Crippen molar-refractivity contribution >= 4 is 5.97 Å². The third kappa shape index (κ3) is 4.12. The van der Waals surface area contributed by atoms with Crippen molar-refractivity contribution in [3.05, 3.63) is 47.1 Å². The Labute approximate surface area is 128 Å². The number of nitrogens with zero attached hydrogens (tertiary/aromatic N) is 3. The Kier molecular flexibility index (Phi) is 5.24. The summed E-state index contributed by atoms with van der Waals surface area (Å²) in [5.41, 5.74) is 1.29. The molecule has 0 saturated carbocycles. The predicted molar refractivity (Wildman–Crippen MR) is 78.3 cm³/mol. The average Bonchev–Trinajstić information content (AvgIpc) is 2.95. The third-order valence-electron chi connectivity index (χ3n) is 3.26. The molecule has 118 valence electrons. The lowest BCUT2D eigenvalue weighted by atomic mass is 10.1. The molecule has 2 rings (SSSR count). The first-order valence-electron chi connectivity index (χ1n) is 6.85. The zero-order valence-electron chi connectivity index (χ0n) is 12.8. The minimum atomic E-state index is -0.925. The van der Waals surface area contributed by atoms with Gasteiger partial charge in [-0.3, -0.25) is 4.90 Å². The Morgan fingerprint density at radius 1 is 1.36 bits per heavy atom. The van der Waals surface area contributed by atoms with E-state index < -0.39 is 5.97 Å². The van der Waals surface area contributed by atoms with Gasteiger partial charge in [-0.15, -0.1) is 0 Å². The molecule has 0 fully saturated rings. The quantitative estimate of drug-likeness (QED) is 0.838. The number of rotatable bonds is 7. The van der Waals surface area contributed by atoms with E-state index in [0.29, 0.717) is 24.8 Å². The third-order valence-corrected chi connectivity index (χ3v) is 3.26. The van der Waals surface area contributed by atoms with Crippen LogP contribution in [0.1, 0.15) is 40.7 Å². The molecule has 0 bridgehead atoms. The molecule has 0 spiro atoms. The largest absolute Gasteiger partial charge is 0.478 e. The Balaban J connectivity index is 1.93. The first kappa shape index (κ1) is 16.1. The number of carboxylic acid groups (broad SMARTS) is 1. The first-order chi connectivity index (χ1) is 10.5. The van der Waals surface area contributed by atoms with Crippen LogP contribution in [0.25, 0.3) is 0 Å². The number of carbonyl (C=O) groups is 1. The van der Waals surface area contributed by atoms with Crippen LogP contribution < -0.4 is 0 Å². The molecule has 22 heavy (non-hydrogen) atoms. The van der Waals surface area contributed by atoms with Crippen LogP contribution in [0.4, 0.5) is 0 Å². The van der Waals surface area contributed by atoms with Gasteiger partial charge in [-0.1, -0.05) is 17.3 Å². The van der Waals surface area contributed by atoms with Crippen molar-refractivity contribution in [2.24, 2.45) is 0 Å². The SMILES string of the molecule is COC(C)c1noc(CN(C)Cc2ccc(C(=O)O)cc2)n1. The summed E-state index contributed by atoms with van der Waals surface area (Å²) < 4.78 is 10.3. The fourth-order valence-electron chi connectivity index (χ4n) is 1.95. The van der Waals surface area contributed by atoms with Gasteiger partial charge in [0.15, 0.2) is 5.82 Å². The fraction of sp³-hybridized carbons (Fsp3) is 0.400. The molecule has 1 atom stereocenters. The van der Waals surface area contributed by atoms with E-state index in [4.69, 9.17) is 14.4 Å². The van der Waals surface area contributed by atoms with E-state index in [1.54, 1.807) is 31.4 Å². The number of hydrogen-bond acceptors (Lipinski definition) is 6. The molecule has 0 radical (unpaired) electrons. The highest BCUT2D eigenvalue weighted by Crippen LogP contribution is 2.13. The molecule has 1 heterocycles. The number of aromatic carboxylic acids is 1. The van der Waals surface area contributed by atoms with Gasteiger partial charge in [0.05, 0.1) is 12.1 Å². The second-order valence-electron chi connectivity index (χ2n) is 5.10. The van der Waals surface area contributed by atoms with Gasteiger partial charge in [0, 0.05) is 13.7 Å². The molecule has 0 saturated heterocycles. The second-order valence-corrected chi connectivity index (χ2v) is 5.10. The summed E-state index contributed by atoms with van der Waals surface area (Å²) in [6.07, 6.45) is -0.202. The van der Waals surface area contributed by atoms with Crippen LogP contribution in [0.2, 0.25) is 0 Å². The van der Waals surface area contributed by atoms with Crippen LogP contribution in [0.3, 0.4) is 0 Å². The van der Waals surface area contributed by atoms with Crippen molar-refractivity contribution in [1.82, 2.24) is 15.0 Å². The monoisotopic (exact) mass is 305 g/mol. The zero-order chi connectivity index (χ0) is 16.1. The van der Waals surface area contributed by atoms with Gasteiger partial charge in [-0.05, 0) is 31.7 Å². The first-order valence-corrected chi connectivity index (χ1v) is 6.85. The molecule has 0 aliphatic rings. The van der Waals surface area contributed by atoms with Crippen molar-refractivity contribution < 1.29 is 19.2 Å². The Hall–Kier alpha value is -2.25. The summed E-state index contributed by atoms with van der Waals surface area (Å²) in [7, 11) is 3.52. The maximum Gasteiger partial charge on any atom is 0.335 e. The van der Waals surface area contributed by atoms with E-state index in [0.717, 1.165) is 5.56 Å². The van der Waals surface area contributed by atoms with E-state index in [1.165, 1.54) is 0 Å². The van der Waals surface area contributed by atoms with Crippen LogP contribution in [-0.4, -0.2) is 40.3 Å². The molecular weight excluding hydrogens is 286 g/mol. The van der Waals surface area contributed by atoms with Gasteiger partial charge in [0.25, 0.3) is 0 Å². The molecule has 1 aromatic heterocycles. The van der Waals surface area contributed by atoms with Gasteiger partial charge in [-0.25, -0.2) is 4.79 Å². The van der Waals surface area contributed by atoms with Gasteiger partial charge < -0.3 is 14.4 Å². The lowest BCUT2D eigenvalue weighted by Gasteiger charge is -2.14. The molecule has 0 aliphatic heterocycles. The lowest BCUT2D eigenvalue weighted by Crippen LogP contribution is -2.17. The number of aromatic nitrogens is 2. The molecule has 7 heteroatoms. The number of ether oxygens (including phenoxy) is 1. The molecule has 2 aromatic rings. The summed E-state index contributed by atoms with van der Waals surface area (Å²) >= 11 is 0. The average molecular weight is 305 g/mol. The van der Waals surface area contributed by atoms with Crippen molar-refractivity contribution in [1.29, 1.82) is 0 Å². The molecule has 1 N–H and O–H groups in total. The van der Waals surface area contributed by atoms with Crippen LogP contribution in [-0.2, 0) is 17.8 Å². The lowest BCUT2D eigenvalue weighted by molar-refractivity contribution is 0.0697. The molecular formula is C15H19N3O4. The fourth-order valence-corrected chi connectivity index (χ4v) is 1.95. The van der Waals surface area contributed by atoms with Crippen LogP contribution in [0.15, 0.2) is 28.8 Å². The van der Waals surface area contributed by atoms with Crippen molar-refractivity contribution in [3.8, 4) is 0 Å². The Morgan fingerprint density at radius 3 is 2.64 bits per heavy atom. The van der Waals surface area contributed by atoms with E-state index in [1.807, 2.05) is 18.9 Å². The van der Waals surface area contributed by atoms with Crippen molar-refractivity contribution in [2.75, 3.05) is 14.2 Å². The van der Waals surface area contributed by atoms with E-state index in [-0.39, 0.29) is 11.7 Å². The highest BCUT2D eigenvalue weighted by atomic mass is 16.5. The highest BCUT2D eigenvalue weighted by molar-refractivity contribution is 5.87. The van der Waals surface area contributed by atoms with Crippen LogP contribution >= 0.6 is 0 Å². The van der Waals surface area contributed by atoms with Gasteiger partial charge in [0.2, 0.25) is 5.89 Å². The summed E-state index contributed by atoms with van der Waals surface area (Å²) in [6, 6.07) is 6.78. The van der Waals surface area contributed by atoms with Crippen molar-refractivity contribution in [2.45, 2.75) is 26.1 Å². The molecule has 0 aliphatic carbocycles. The van der Waals surface area contributed by atoms with E-state index in [2.05, 4.69) is 10.1 Å². The topological polar surface area (TPSA) is 88.7 Å². The molecule has 1 aromatic carbocycles. The summed E-state index contributed by atoms with van der Waals surface area (Å²) in [6.45, 7) is 3.00. The zero-order valence-corrected chi connectivity index (χ0v) is 12.8.